The molecule has 0 aromatic rings. The number of Topliss-reactive ketones (excluding diaryl/α,β-unsaturated/α-hetero) is 1. The van der Waals surface area contributed by atoms with Gasteiger partial charge in [0.25, 0.3) is 0 Å². The van der Waals surface area contributed by atoms with Crippen molar-refractivity contribution in [2.75, 3.05) is 0 Å². The molecule has 0 saturated heterocycles. The Balaban J connectivity index is 3.48. The molecular weight excluding hydrogens is 172 g/mol. The predicted molar refractivity (Wildman–Crippen MR) is 62.3 cm³/mol. The van der Waals surface area contributed by atoms with Gasteiger partial charge in [0.15, 0.2) is 0 Å². The minimum absolute atomic E-state index is 0.254. The van der Waals surface area contributed by atoms with Crippen LogP contribution in [-0.2, 0) is 4.79 Å². The SMILES string of the molecule is CC=CCC(C)CCCC(C)C(C)=O. The number of carbonyl (C=O) groups is 1. The summed E-state index contributed by atoms with van der Waals surface area (Å²) in [6, 6.07) is 0. The number of rotatable bonds is 7. The van der Waals surface area contributed by atoms with Crippen molar-refractivity contribution >= 4 is 5.78 Å². The van der Waals surface area contributed by atoms with Crippen LogP contribution in [0.25, 0.3) is 0 Å². The Morgan fingerprint density at radius 2 is 1.93 bits per heavy atom. The van der Waals surface area contributed by atoms with Crippen LogP contribution < -0.4 is 0 Å². The van der Waals surface area contributed by atoms with Crippen molar-refractivity contribution < 1.29 is 4.79 Å². The Kier molecular flexibility index (Phi) is 7.45. The van der Waals surface area contributed by atoms with Crippen LogP contribution in [0.3, 0.4) is 0 Å². The topological polar surface area (TPSA) is 17.1 Å². The zero-order valence-electron chi connectivity index (χ0n) is 10.0. The first-order chi connectivity index (χ1) is 6.57. The first-order valence-corrected chi connectivity index (χ1v) is 5.69. The van der Waals surface area contributed by atoms with Crippen molar-refractivity contribution in [3.05, 3.63) is 12.2 Å². The van der Waals surface area contributed by atoms with Crippen LogP contribution in [0.1, 0.15) is 53.4 Å². The van der Waals surface area contributed by atoms with E-state index < -0.39 is 0 Å². The first kappa shape index (κ1) is 13.4. The van der Waals surface area contributed by atoms with Crippen LogP contribution in [0, 0.1) is 11.8 Å². The molecule has 0 radical (unpaired) electrons. The Bertz CT molecular complexity index is 182. The van der Waals surface area contributed by atoms with E-state index in [9.17, 15) is 4.79 Å². The molecule has 14 heavy (non-hydrogen) atoms. The standard InChI is InChI=1S/C13H24O/c1-5-6-8-11(2)9-7-10-12(3)13(4)14/h5-6,11-12H,7-10H2,1-4H3. The van der Waals surface area contributed by atoms with Crippen LogP contribution in [0.4, 0.5) is 0 Å². The maximum atomic E-state index is 11.0. The van der Waals surface area contributed by atoms with Crippen LogP contribution in [0.5, 0.6) is 0 Å². The minimum atomic E-state index is 0.254. The van der Waals surface area contributed by atoms with Crippen molar-refractivity contribution in [3.8, 4) is 0 Å². The van der Waals surface area contributed by atoms with Gasteiger partial charge in [-0.25, -0.2) is 0 Å². The molecule has 0 spiro atoms. The molecule has 0 heterocycles. The van der Waals surface area contributed by atoms with Gasteiger partial charge in [-0.2, -0.15) is 0 Å². The van der Waals surface area contributed by atoms with Gasteiger partial charge >= 0.3 is 0 Å². The Morgan fingerprint density at radius 1 is 1.29 bits per heavy atom. The highest BCUT2D eigenvalue weighted by Crippen LogP contribution is 2.16. The summed E-state index contributed by atoms with van der Waals surface area (Å²) in [6.45, 7) is 8.05. The van der Waals surface area contributed by atoms with Gasteiger partial charge in [0.2, 0.25) is 0 Å². The van der Waals surface area contributed by atoms with Gasteiger partial charge in [-0.15, -0.1) is 0 Å². The Hall–Kier alpha value is -0.590. The van der Waals surface area contributed by atoms with Gasteiger partial charge in [-0.3, -0.25) is 4.79 Å². The zero-order chi connectivity index (χ0) is 11.0. The van der Waals surface area contributed by atoms with Gasteiger partial charge in [0.05, 0.1) is 0 Å². The summed E-state index contributed by atoms with van der Waals surface area (Å²) >= 11 is 0. The van der Waals surface area contributed by atoms with Crippen LogP contribution >= 0.6 is 0 Å². The summed E-state index contributed by atoms with van der Waals surface area (Å²) in [4.78, 5) is 11.0. The van der Waals surface area contributed by atoms with Crippen LogP contribution in [0.2, 0.25) is 0 Å². The number of ketones is 1. The molecule has 0 bridgehead atoms. The average molecular weight is 196 g/mol. The van der Waals surface area contributed by atoms with E-state index in [0.29, 0.717) is 5.78 Å². The third-order valence-corrected chi connectivity index (χ3v) is 2.80. The van der Waals surface area contributed by atoms with E-state index >= 15 is 0 Å². The highest BCUT2D eigenvalue weighted by Gasteiger charge is 2.07. The maximum absolute atomic E-state index is 11.0. The van der Waals surface area contributed by atoms with E-state index in [4.69, 9.17) is 0 Å². The molecule has 0 rings (SSSR count). The Labute approximate surface area is 88.6 Å². The lowest BCUT2D eigenvalue weighted by molar-refractivity contribution is -0.120. The van der Waals surface area contributed by atoms with Crippen molar-refractivity contribution in [3.63, 3.8) is 0 Å². The maximum Gasteiger partial charge on any atom is 0.132 e. The molecule has 0 saturated carbocycles. The predicted octanol–water partition coefficient (Wildman–Crippen LogP) is 3.98. The molecule has 0 fully saturated rings. The van der Waals surface area contributed by atoms with Crippen molar-refractivity contribution in [2.45, 2.75) is 53.4 Å². The molecule has 2 atom stereocenters. The lowest BCUT2D eigenvalue weighted by atomic mass is 9.95. The van der Waals surface area contributed by atoms with Crippen LogP contribution in [-0.4, -0.2) is 5.78 Å². The summed E-state index contributed by atoms with van der Waals surface area (Å²) in [5, 5.41) is 0. The van der Waals surface area contributed by atoms with Crippen LogP contribution in [0.15, 0.2) is 12.2 Å². The molecule has 0 N–H and O–H groups in total. The summed E-state index contributed by atoms with van der Waals surface area (Å²) < 4.78 is 0. The molecule has 0 aliphatic rings. The molecule has 0 aliphatic heterocycles. The van der Waals surface area contributed by atoms with E-state index in [1.807, 2.05) is 6.92 Å². The Morgan fingerprint density at radius 3 is 2.43 bits per heavy atom. The summed E-state index contributed by atoms with van der Waals surface area (Å²) in [5.41, 5.74) is 0. The quantitative estimate of drug-likeness (QED) is 0.563. The molecule has 1 heteroatoms. The molecule has 0 amide bonds. The highest BCUT2D eigenvalue weighted by atomic mass is 16.1. The second-order valence-corrected chi connectivity index (χ2v) is 4.35. The van der Waals surface area contributed by atoms with Gasteiger partial charge in [0, 0.05) is 5.92 Å². The average Bonchev–Trinajstić information content (AvgIpc) is 2.14. The second-order valence-electron chi connectivity index (χ2n) is 4.35. The monoisotopic (exact) mass is 196 g/mol. The minimum Gasteiger partial charge on any atom is -0.300 e. The van der Waals surface area contributed by atoms with Crippen molar-refractivity contribution in [2.24, 2.45) is 11.8 Å². The molecule has 82 valence electrons. The van der Waals surface area contributed by atoms with Gasteiger partial charge in [0.1, 0.15) is 5.78 Å². The van der Waals surface area contributed by atoms with E-state index in [0.717, 1.165) is 12.3 Å². The third kappa shape index (κ3) is 6.88. The fourth-order valence-corrected chi connectivity index (χ4v) is 1.46. The molecular formula is C13H24O. The molecule has 1 nitrogen and oxygen atoms in total. The number of carbonyl (C=O) groups excluding carboxylic acids is 1. The third-order valence-electron chi connectivity index (χ3n) is 2.80. The first-order valence-electron chi connectivity index (χ1n) is 5.69. The normalized spacial score (nSPS) is 15.7. The van der Waals surface area contributed by atoms with E-state index in [2.05, 4.69) is 26.0 Å². The summed E-state index contributed by atoms with van der Waals surface area (Å²) in [5.74, 6) is 1.33. The summed E-state index contributed by atoms with van der Waals surface area (Å²) in [6.07, 6.45) is 8.97. The van der Waals surface area contributed by atoms with Gasteiger partial charge in [-0.1, -0.05) is 38.8 Å². The number of hydrogen-bond acceptors (Lipinski definition) is 1. The highest BCUT2D eigenvalue weighted by molar-refractivity contribution is 5.77. The summed E-state index contributed by atoms with van der Waals surface area (Å²) in [7, 11) is 0. The molecule has 0 aliphatic carbocycles. The number of hydrogen-bond donors (Lipinski definition) is 0. The smallest absolute Gasteiger partial charge is 0.132 e. The van der Waals surface area contributed by atoms with E-state index in [1.54, 1.807) is 6.92 Å². The van der Waals surface area contributed by atoms with Gasteiger partial charge in [-0.05, 0) is 32.6 Å². The fourth-order valence-electron chi connectivity index (χ4n) is 1.46. The van der Waals surface area contributed by atoms with E-state index in [1.165, 1.54) is 19.3 Å². The number of allylic oxidation sites excluding steroid dienone is 2. The van der Waals surface area contributed by atoms with Gasteiger partial charge < -0.3 is 0 Å². The van der Waals surface area contributed by atoms with Crippen molar-refractivity contribution in [1.29, 1.82) is 0 Å². The van der Waals surface area contributed by atoms with Crippen molar-refractivity contribution in [1.82, 2.24) is 0 Å². The largest absolute Gasteiger partial charge is 0.300 e. The molecule has 0 aromatic carbocycles. The second kappa shape index (κ2) is 7.78. The molecule has 0 aromatic heterocycles. The van der Waals surface area contributed by atoms with E-state index in [-0.39, 0.29) is 5.92 Å². The molecule has 2 unspecified atom stereocenters. The zero-order valence-corrected chi connectivity index (χ0v) is 10.0. The lowest BCUT2D eigenvalue weighted by Crippen LogP contribution is -2.06. The fraction of sp³-hybridized carbons (Fsp3) is 0.769. The lowest BCUT2D eigenvalue weighted by Gasteiger charge is -2.10.